The number of likely N-dealkylation sites (N-methyl/N-ethyl adjacent to an activating group) is 1. The van der Waals surface area contributed by atoms with E-state index in [0.29, 0.717) is 54.1 Å². The second-order valence-corrected chi connectivity index (χ2v) is 12.3. The summed E-state index contributed by atoms with van der Waals surface area (Å²) in [4.78, 5) is 38.9. The van der Waals surface area contributed by atoms with Crippen molar-refractivity contribution in [2.24, 2.45) is 0 Å². The summed E-state index contributed by atoms with van der Waals surface area (Å²) in [5, 5.41) is 12.0. The van der Waals surface area contributed by atoms with Crippen LogP contribution in [0.15, 0.2) is 84.6 Å². The minimum absolute atomic E-state index is 0.00241. The number of carboxylic acid groups (broad SMARTS) is 1. The predicted molar refractivity (Wildman–Crippen MR) is 192 cm³/mol. The molecule has 0 aliphatic rings. The number of carbonyl (C=O) groups is 2. The molecule has 0 spiro atoms. The van der Waals surface area contributed by atoms with Crippen LogP contribution in [0.3, 0.4) is 0 Å². The molecule has 2 N–H and O–H groups in total. The zero-order valence-electron chi connectivity index (χ0n) is 27.1. The van der Waals surface area contributed by atoms with E-state index in [1.54, 1.807) is 13.3 Å². The van der Waals surface area contributed by atoms with E-state index in [2.05, 4.69) is 52.1 Å². The van der Waals surface area contributed by atoms with E-state index >= 15 is 0 Å². The Morgan fingerprint density at radius 3 is 1.88 bits per heavy atom. The number of oxazole rings is 2. The van der Waals surface area contributed by atoms with Gasteiger partial charge >= 0.3 is 5.97 Å². The summed E-state index contributed by atoms with van der Waals surface area (Å²) in [5.74, 6) is 1.19. The van der Waals surface area contributed by atoms with Gasteiger partial charge in [0.2, 0.25) is 11.8 Å². The molecular weight excluding hydrogens is 746 g/mol. The molecule has 0 saturated heterocycles. The molecule has 0 fully saturated rings. The molecule has 3 heterocycles. The van der Waals surface area contributed by atoms with Gasteiger partial charge in [-0.25, -0.2) is 19.7 Å². The Labute approximate surface area is 296 Å². The molecule has 0 aliphatic carbocycles. The number of aromatic nitrogens is 3. The Kier molecular flexibility index (Phi) is 13.5. The zero-order chi connectivity index (χ0) is 34.6. The predicted octanol–water partition coefficient (Wildman–Crippen LogP) is 8.54. The van der Waals surface area contributed by atoms with Crippen molar-refractivity contribution < 1.29 is 28.3 Å². The largest absolute Gasteiger partial charge is 0.476 e. The van der Waals surface area contributed by atoms with Crippen LogP contribution in [0.25, 0.3) is 22.9 Å². The highest BCUT2D eigenvalue weighted by Gasteiger charge is 2.22. The number of benzene rings is 2. The minimum Gasteiger partial charge on any atom is -0.476 e. The van der Waals surface area contributed by atoms with Crippen molar-refractivity contribution in [2.75, 3.05) is 37.5 Å². The third-order valence-electron chi connectivity index (χ3n) is 7.00. The quantitative estimate of drug-likeness (QED) is 0.119. The molecule has 252 valence electrons. The van der Waals surface area contributed by atoms with Crippen molar-refractivity contribution in [3.05, 3.63) is 98.7 Å². The second-order valence-electron chi connectivity index (χ2n) is 10.6. The van der Waals surface area contributed by atoms with E-state index in [1.165, 1.54) is 0 Å². The van der Waals surface area contributed by atoms with Crippen molar-refractivity contribution in [1.82, 2.24) is 15.0 Å². The number of nitrogens with one attached hydrogen (secondary N) is 1. The van der Waals surface area contributed by atoms with Crippen LogP contribution in [0.5, 0.6) is 0 Å². The first-order valence-electron chi connectivity index (χ1n) is 15.4. The Morgan fingerprint density at radius 2 is 1.40 bits per heavy atom. The number of carbonyl (C=O) groups excluding carboxylic acids is 1. The summed E-state index contributed by atoms with van der Waals surface area (Å²) in [7, 11) is 3.60. The normalized spacial score (nSPS) is 10.7. The first-order valence-corrected chi connectivity index (χ1v) is 16.9. The average Bonchev–Trinajstić information content (AvgIpc) is 3.70. The molecule has 11 nitrogen and oxygen atoms in total. The van der Waals surface area contributed by atoms with E-state index in [1.807, 2.05) is 86.5 Å². The molecule has 1 amide bonds. The fourth-order valence-corrected chi connectivity index (χ4v) is 5.47. The summed E-state index contributed by atoms with van der Waals surface area (Å²) in [5.41, 5.74) is 2.45. The number of aryl methyl sites for hydroxylation is 2. The standard InChI is InChI=1S/C22H25BrN4O3.C13H12BrNO3/c1-4-7-18-20(26-22(30-18)16-8-5-6-9-17(16)23)21(28)25-15-10-11-19(24-14-15)27(2)12-13-29-3;1-2-5-10-11(13(16)17)15-12(18-10)8-6-3-4-7-9(8)14/h5-6,8-11,14H,4,7,12-13H2,1-3H3,(H,25,28);3-4,6-7H,2,5H2,1H3,(H,16,17). The maximum Gasteiger partial charge on any atom is 0.358 e. The first-order chi connectivity index (χ1) is 23.2. The van der Waals surface area contributed by atoms with Crippen LogP contribution in [0.2, 0.25) is 0 Å². The van der Waals surface area contributed by atoms with Gasteiger partial charge in [0, 0.05) is 42.5 Å². The molecule has 0 radical (unpaired) electrons. The van der Waals surface area contributed by atoms with E-state index in [0.717, 1.165) is 45.3 Å². The Balaban J connectivity index is 0.000000246. The number of halogens is 2. The van der Waals surface area contributed by atoms with Crippen LogP contribution in [-0.4, -0.2) is 59.2 Å². The number of hydrogen-bond acceptors (Lipinski definition) is 9. The summed E-state index contributed by atoms with van der Waals surface area (Å²) < 4.78 is 18.3. The maximum atomic E-state index is 12.9. The van der Waals surface area contributed by atoms with Crippen molar-refractivity contribution >= 4 is 55.2 Å². The minimum atomic E-state index is -1.06. The lowest BCUT2D eigenvalue weighted by Crippen LogP contribution is -2.23. The van der Waals surface area contributed by atoms with Crippen LogP contribution < -0.4 is 10.2 Å². The highest BCUT2D eigenvalue weighted by atomic mass is 79.9. The van der Waals surface area contributed by atoms with Gasteiger partial charge in [-0.2, -0.15) is 0 Å². The molecule has 0 atom stereocenters. The number of amides is 1. The summed E-state index contributed by atoms with van der Waals surface area (Å²) in [6, 6.07) is 18.7. The second kappa shape index (κ2) is 17.7. The van der Waals surface area contributed by atoms with Crippen molar-refractivity contribution in [3.63, 3.8) is 0 Å². The van der Waals surface area contributed by atoms with Gasteiger partial charge in [0.25, 0.3) is 5.91 Å². The number of anilines is 2. The van der Waals surface area contributed by atoms with E-state index in [4.69, 9.17) is 18.7 Å². The van der Waals surface area contributed by atoms with Crippen LogP contribution in [0, 0.1) is 0 Å². The smallest absolute Gasteiger partial charge is 0.358 e. The van der Waals surface area contributed by atoms with Crippen molar-refractivity contribution in [1.29, 1.82) is 0 Å². The summed E-state index contributed by atoms with van der Waals surface area (Å²) in [6.07, 6.45) is 4.48. The van der Waals surface area contributed by atoms with Gasteiger partial charge in [0.05, 0.1) is 29.6 Å². The number of carboxylic acids is 1. The molecule has 5 aromatic rings. The molecule has 0 saturated carbocycles. The Hall–Kier alpha value is -4.33. The van der Waals surface area contributed by atoms with Gasteiger partial charge in [0.1, 0.15) is 17.3 Å². The lowest BCUT2D eigenvalue weighted by molar-refractivity contribution is 0.0688. The SMILES string of the molecule is CCCc1oc(-c2ccccc2Br)nc1C(=O)Nc1ccc(N(C)CCOC)nc1.CCCc1oc(-c2ccccc2Br)nc1C(=O)O. The topological polar surface area (TPSA) is 144 Å². The Bertz CT molecular complexity index is 1820. The molecule has 0 bridgehead atoms. The highest BCUT2D eigenvalue weighted by molar-refractivity contribution is 9.11. The number of ether oxygens (including phenoxy) is 1. The summed E-state index contributed by atoms with van der Waals surface area (Å²) in [6.45, 7) is 5.34. The molecule has 2 aromatic carbocycles. The van der Waals surface area contributed by atoms with Gasteiger partial charge < -0.3 is 28.9 Å². The first kappa shape index (κ1) is 36.5. The third kappa shape index (κ3) is 9.39. The molecule has 0 aliphatic heterocycles. The van der Waals surface area contributed by atoms with Gasteiger partial charge in [-0.15, -0.1) is 0 Å². The van der Waals surface area contributed by atoms with Gasteiger partial charge in [0.15, 0.2) is 11.4 Å². The van der Waals surface area contributed by atoms with Crippen molar-refractivity contribution in [2.45, 2.75) is 39.5 Å². The van der Waals surface area contributed by atoms with Crippen LogP contribution in [0.1, 0.15) is 59.2 Å². The van der Waals surface area contributed by atoms with Crippen LogP contribution >= 0.6 is 31.9 Å². The Morgan fingerprint density at radius 1 is 0.854 bits per heavy atom. The van der Waals surface area contributed by atoms with Crippen LogP contribution in [0.4, 0.5) is 11.5 Å². The lowest BCUT2D eigenvalue weighted by atomic mass is 10.2. The van der Waals surface area contributed by atoms with Crippen molar-refractivity contribution in [3.8, 4) is 22.9 Å². The molecule has 3 aromatic heterocycles. The number of pyridine rings is 1. The van der Waals surface area contributed by atoms with Gasteiger partial charge in [-0.3, -0.25) is 4.79 Å². The van der Waals surface area contributed by atoms with E-state index in [-0.39, 0.29) is 11.6 Å². The van der Waals surface area contributed by atoms with E-state index in [9.17, 15) is 9.59 Å². The zero-order valence-corrected chi connectivity index (χ0v) is 30.3. The molecule has 0 unspecified atom stereocenters. The maximum absolute atomic E-state index is 12.9. The monoisotopic (exact) mass is 781 g/mol. The number of rotatable bonds is 13. The van der Waals surface area contributed by atoms with Gasteiger partial charge in [-0.05, 0) is 81.1 Å². The molecule has 13 heteroatoms. The lowest BCUT2D eigenvalue weighted by Gasteiger charge is -2.17. The van der Waals surface area contributed by atoms with E-state index < -0.39 is 5.97 Å². The highest BCUT2D eigenvalue weighted by Crippen LogP contribution is 2.31. The number of aromatic carboxylic acids is 1. The number of nitrogens with zero attached hydrogens (tertiary/aromatic N) is 4. The summed E-state index contributed by atoms with van der Waals surface area (Å²) >= 11 is 6.91. The molecule has 5 rings (SSSR count). The fourth-order valence-electron chi connectivity index (χ4n) is 4.56. The fraction of sp³-hybridized carbons (Fsp3) is 0.286. The average molecular weight is 784 g/mol. The molecule has 48 heavy (non-hydrogen) atoms. The van der Waals surface area contributed by atoms with Gasteiger partial charge in [-0.1, -0.05) is 38.1 Å². The number of hydrogen-bond donors (Lipinski definition) is 2. The molecular formula is C35H37Br2N5O6. The third-order valence-corrected chi connectivity index (χ3v) is 8.39. The number of methoxy groups -OCH3 is 1. The van der Waals surface area contributed by atoms with Crippen LogP contribution in [-0.2, 0) is 17.6 Å².